The summed E-state index contributed by atoms with van der Waals surface area (Å²) in [5.74, 6) is -0.491. The van der Waals surface area contributed by atoms with E-state index in [0.29, 0.717) is 5.75 Å². The van der Waals surface area contributed by atoms with Gasteiger partial charge in [0.1, 0.15) is 17.4 Å². The molecule has 0 radical (unpaired) electrons. The fraction of sp³-hybridized carbons (Fsp3) is 0.174. The third-order valence-electron chi connectivity index (χ3n) is 4.61. The number of hydrogen-bond acceptors (Lipinski definition) is 2. The minimum atomic E-state index is -0.984. The first-order chi connectivity index (χ1) is 12.6. The Labute approximate surface area is 153 Å². The van der Waals surface area contributed by atoms with Crippen LogP contribution in [-0.2, 0) is 0 Å². The van der Waals surface area contributed by atoms with Gasteiger partial charge in [-0.2, -0.15) is 0 Å². The van der Waals surface area contributed by atoms with Crippen molar-refractivity contribution >= 4 is 5.97 Å². The van der Waals surface area contributed by atoms with Crippen LogP contribution in [0.3, 0.4) is 0 Å². The molecule has 0 spiro atoms. The minimum Gasteiger partial charge on any atom is -0.485 e. The zero-order valence-electron chi connectivity index (χ0n) is 14.9. The Kier molecular flexibility index (Phi) is 5.37. The summed E-state index contributed by atoms with van der Waals surface area (Å²) in [6, 6.07) is 25.2. The fourth-order valence-corrected chi connectivity index (χ4v) is 3.00. The molecule has 0 saturated heterocycles. The van der Waals surface area contributed by atoms with Crippen molar-refractivity contribution in [2.45, 2.75) is 25.9 Å². The molecular formula is C23H22O3. The van der Waals surface area contributed by atoms with Gasteiger partial charge in [-0.1, -0.05) is 73.7 Å². The van der Waals surface area contributed by atoms with Crippen LogP contribution in [0, 0.1) is 0 Å². The van der Waals surface area contributed by atoms with Crippen molar-refractivity contribution in [3.05, 3.63) is 101 Å². The third-order valence-corrected chi connectivity index (χ3v) is 4.61. The molecule has 26 heavy (non-hydrogen) atoms. The number of hydrogen-bond donors (Lipinski definition) is 1. The standard InChI is InChI=1S/C23H22O3/c1-16(18-9-5-3-6-10-18)20-13-14-22(21(15-20)23(24)25)26-17(2)19-11-7-4-8-12-19/h3-17H,1-2H3,(H,24,25). The van der Waals surface area contributed by atoms with Gasteiger partial charge in [-0.25, -0.2) is 4.79 Å². The highest BCUT2D eigenvalue weighted by molar-refractivity contribution is 5.91. The van der Waals surface area contributed by atoms with Crippen molar-refractivity contribution in [2.75, 3.05) is 0 Å². The molecular weight excluding hydrogens is 324 g/mol. The molecule has 0 aliphatic rings. The molecule has 3 rings (SSSR count). The van der Waals surface area contributed by atoms with Gasteiger partial charge in [-0.05, 0) is 35.7 Å². The number of aromatic carboxylic acids is 1. The number of benzene rings is 3. The van der Waals surface area contributed by atoms with Gasteiger partial charge in [0.05, 0.1) is 0 Å². The average molecular weight is 346 g/mol. The van der Waals surface area contributed by atoms with E-state index in [1.54, 1.807) is 12.1 Å². The van der Waals surface area contributed by atoms with Crippen LogP contribution < -0.4 is 4.74 Å². The lowest BCUT2D eigenvalue weighted by Gasteiger charge is -2.19. The van der Waals surface area contributed by atoms with Crippen molar-refractivity contribution in [2.24, 2.45) is 0 Å². The van der Waals surface area contributed by atoms with Crippen molar-refractivity contribution in [1.29, 1.82) is 0 Å². The molecule has 0 heterocycles. The average Bonchev–Trinajstić information content (AvgIpc) is 2.69. The molecule has 2 atom stereocenters. The molecule has 0 saturated carbocycles. The Balaban J connectivity index is 1.89. The van der Waals surface area contributed by atoms with E-state index in [1.807, 2.05) is 73.7 Å². The van der Waals surface area contributed by atoms with E-state index in [9.17, 15) is 9.90 Å². The topological polar surface area (TPSA) is 46.5 Å². The molecule has 3 aromatic carbocycles. The lowest BCUT2D eigenvalue weighted by molar-refractivity contribution is 0.0689. The fourth-order valence-electron chi connectivity index (χ4n) is 3.00. The zero-order valence-corrected chi connectivity index (χ0v) is 14.9. The van der Waals surface area contributed by atoms with Crippen LogP contribution >= 0.6 is 0 Å². The second kappa shape index (κ2) is 7.87. The molecule has 0 fully saturated rings. The Morgan fingerprint density at radius 1 is 0.808 bits per heavy atom. The van der Waals surface area contributed by atoms with Gasteiger partial charge >= 0.3 is 5.97 Å². The van der Waals surface area contributed by atoms with Crippen molar-refractivity contribution in [3.63, 3.8) is 0 Å². The number of ether oxygens (including phenoxy) is 1. The number of rotatable bonds is 6. The molecule has 0 aliphatic carbocycles. The number of carboxylic acid groups (broad SMARTS) is 1. The summed E-state index contributed by atoms with van der Waals surface area (Å²) in [7, 11) is 0. The Morgan fingerprint density at radius 3 is 1.96 bits per heavy atom. The van der Waals surface area contributed by atoms with Gasteiger partial charge in [0.25, 0.3) is 0 Å². The summed E-state index contributed by atoms with van der Waals surface area (Å²) >= 11 is 0. The van der Waals surface area contributed by atoms with E-state index in [1.165, 1.54) is 0 Å². The highest BCUT2D eigenvalue weighted by atomic mass is 16.5. The van der Waals surface area contributed by atoms with Gasteiger partial charge in [-0.15, -0.1) is 0 Å². The molecule has 3 heteroatoms. The van der Waals surface area contributed by atoms with E-state index in [4.69, 9.17) is 4.74 Å². The third kappa shape index (κ3) is 3.94. The largest absolute Gasteiger partial charge is 0.485 e. The van der Waals surface area contributed by atoms with Crippen molar-refractivity contribution in [3.8, 4) is 5.75 Å². The molecule has 3 nitrogen and oxygen atoms in total. The van der Waals surface area contributed by atoms with Crippen molar-refractivity contribution in [1.82, 2.24) is 0 Å². The van der Waals surface area contributed by atoms with E-state index >= 15 is 0 Å². The lowest BCUT2D eigenvalue weighted by Crippen LogP contribution is -2.09. The van der Waals surface area contributed by atoms with E-state index < -0.39 is 5.97 Å². The smallest absolute Gasteiger partial charge is 0.339 e. The van der Waals surface area contributed by atoms with E-state index in [-0.39, 0.29) is 17.6 Å². The first-order valence-electron chi connectivity index (χ1n) is 8.70. The Bertz CT molecular complexity index is 872. The maximum absolute atomic E-state index is 11.8. The second-order valence-electron chi connectivity index (χ2n) is 6.36. The summed E-state index contributed by atoms with van der Waals surface area (Å²) in [5, 5.41) is 9.65. The molecule has 0 aromatic heterocycles. The normalized spacial score (nSPS) is 13.0. The van der Waals surface area contributed by atoms with Gasteiger partial charge in [0.15, 0.2) is 0 Å². The molecule has 3 aromatic rings. The Morgan fingerprint density at radius 2 is 1.38 bits per heavy atom. The first kappa shape index (κ1) is 17.7. The summed E-state index contributed by atoms with van der Waals surface area (Å²) in [6.07, 6.45) is -0.230. The van der Waals surface area contributed by atoms with Crippen LogP contribution in [-0.4, -0.2) is 11.1 Å². The summed E-state index contributed by atoms with van der Waals surface area (Å²) in [5.41, 5.74) is 3.29. The zero-order chi connectivity index (χ0) is 18.5. The van der Waals surface area contributed by atoms with Gasteiger partial charge in [-0.3, -0.25) is 0 Å². The van der Waals surface area contributed by atoms with Gasteiger partial charge in [0, 0.05) is 5.92 Å². The molecule has 0 amide bonds. The maximum atomic E-state index is 11.8. The van der Waals surface area contributed by atoms with Gasteiger partial charge in [0.2, 0.25) is 0 Å². The number of carbonyl (C=O) groups is 1. The molecule has 0 bridgehead atoms. The minimum absolute atomic E-state index is 0.106. The molecule has 2 unspecified atom stereocenters. The monoisotopic (exact) mass is 346 g/mol. The predicted molar refractivity (Wildman–Crippen MR) is 103 cm³/mol. The van der Waals surface area contributed by atoms with Crippen LogP contribution in [0.4, 0.5) is 0 Å². The number of carboxylic acids is 1. The van der Waals surface area contributed by atoms with Crippen LogP contribution in [0.5, 0.6) is 5.75 Å². The molecule has 0 aliphatic heterocycles. The summed E-state index contributed by atoms with van der Waals surface area (Å²) < 4.78 is 5.95. The predicted octanol–water partition coefficient (Wildman–Crippen LogP) is 5.68. The molecule has 1 N–H and O–H groups in total. The maximum Gasteiger partial charge on any atom is 0.339 e. The summed E-state index contributed by atoms with van der Waals surface area (Å²) in [6.45, 7) is 3.99. The van der Waals surface area contributed by atoms with E-state index in [2.05, 4.69) is 6.92 Å². The second-order valence-corrected chi connectivity index (χ2v) is 6.36. The highest BCUT2D eigenvalue weighted by Gasteiger charge is 2.18. The molecule has 132 valence electrons. The van der Waals surface area contributed by atoms with Crippen molar-refractivity contribution < 1.29 is 14.6 Å². The lowest BCUT2D eigenvalue weighted by atomic mass is 9.92. The Hall–Kier alpha value is -3.07. The summed E-state index contributed by atoms with van der Waals surface area (Å²) in [4.78, 5) is 11.8. The SMILES string of the molecule is CC(Oc1ccc(C(C)c2ccccc2)cc1C(=O)O)c1ccccc1. The van der Waals surface area contributed by atoms with Crippen LogP contribution in [0.15, 0.2) is 78.9 Å². The van der Waals surface area contributed by atoms with Crippen LogP contribution in [0.2, 0.25) is 0 Å². The van der Waals surface area contributed by atoms with Crippen LogP contribution in [0.25, 0.3) is 0 Å². The first-order valence-corrected chi connectivity index (χ1v) is 8.70. The highest BCUT2D eigenvalue weighted by Crippen LogP contribution is 2.31. The van der Waals surface area contributed by atoms with E-state index in [0.717, 1.165) is 16.7 Å². The quantitative estimate of drug-likeness (QED) is 0.625. The van der Waals surface area contributed by atoms with Gasteiger partial charge < -0.3 is 9.84 Å². The van der Waals surface area contributed by atoms with Crippen LogP contribution in [0.1, 0.15) is 52.9 Å².